The number of aryl methyl sites for hydroxylation is 1. The van der Waals surface area contributed by atoms with Crippen LogP contribution < -0.4 is 0 Å². The largest absolute Gasteiger partial charge is 0.245 e. The minimum Gasteiger partial charge on any atom is -0.245 e. The van der Waals surface area contributed by atoms with Crippen LogP contribution in [0.1, 0.15) is 132 Å². The zero-order valence-corrected chi connectivity index (χ0v) is 24.9. The zero-order chi connectivity index (χ0) is 26.7. The molecule has 0 aliphatic carbocycles. The van der Waals surface area contributed by atoms with Crippen LogP contribution in [0, 0.1) is 5.92 Å². The van der Waals surface area contributed by atoms with Crippen molar-refractivity contribution in [1.82, 2.24) is 0 Å². The Morgan fingerprint density at radius 3 is 1.80 bits per heavy atom. The summed E-state index contributed by atoms with van der Waals surface area (Å²) in [7, 11) is 0. The van der Waals surface area contributed by atoms with Crippen LogP contribution in [0.25, 0.3) is 0 Å². The van der Waals surface area contributed by atoms with E-state index in [1.807, 2.05) is 20.1 Å². The van der Waals surface area contributed by atoms with E-state index in [0.29, 0.717) is 5.92 Å². The molecule has 1 atom stereocenters. The number of unbranched alkanes of at least 4 members (excludes halogenated alkanes) is 7. The second-order valence-corrected chi connectivity index (χ2v) is 9.33. The second kappa shape index (κ2) is 26.6. The SMILES string of the molecule is C/C=C(C)\C=C1\N=C(C)N=CC1C.CCCC.CCCCCCCC.CCCCc1ccccc1. The van der Waals surface area contributed by atoms with Crippen LogP contribution in [0.2, 0.25) is 0 Å². The summed E-state index contributed by atoms with van der Waals surface area (Å²) in [5, 5.41) is 0. The van der Waals surface area contributed by atoms with Crippen LogP contribution in [0.4, 0.5) is 0 Å². The molecule has 2 rings (SSSR count). The van der Waals surface area contributed by atoms with Crippen molar-refractivity contribution in [2.75, 3.05) is 0 Å². The smallest absolute Gasteiger partial charge is 0.125 e. The van der Waals surface area contributed by atoms with Gasteiger partial charge in [0.2, 0.25) is 0 Å². The van der Waals surface area contributed by atoms with Crippen LogP contribution in [-0.2, 0) is 6.42 Å². The molecular weight excluding hydrogens is 424 g/mol. The van der Waals surface area contributed by atoms with E-state index < -0.39 is 0 Å². The van der Waals surface area contributed by atoms with Gasteiger partial charge in [-0.3, -0.25) is 0 Å². The molecule has 0 saturated carbocycles. The lowest BCUT2D eigenvalue weighted by Gasteiger charge is -2.12. The van der Waals surface area contributed by atoms with Crippen LogP contribution in [0.3, 0.4) is 0 Å². The minimum atomic E-state index is 0.332. The molecule has 0 fully saturated rings. The molecule has 1 aliphatic rings. The number of aliphatic imine (C=N–C) groups is 2. The summed E-state index contributed by atoms with van der Waals surface area (Å²) in [6.45, 7) is 19.2. The van der Waals surface area contributed by atoms with Crippen molar-refractivity contribution in [2.24, 2.45) is 15.9 Å². The summed E-state index contributed by atoms with van der Waals surface area (Å²) in [4.78, 5) is 8.55. The van der Waals surface area contributed by atoms with Crippen molar-refractivity contribution in [3.8, 4) is 0 Å². The lowest BCUT2D eigenvalue weighted by atomic mass is 10.1. The molecule has 0 saturated heterocycles. The predicted molar refractivity (Wildman–Crippen MR) is 163 cm³/mol. The summed E-state index contributed by atoms with van der Waals surface area (Å²) in [6.07, 6.45) is 21.1. The molecule has 0 spiro atoms. The Balaban J connectivity index is 0. The fourth-order valence-electron chi connectivity index (χ4n) is 2.97. The molecule has 0 N–H and O–H groups in total. The third-order valence-corrected chi connectivity index (χ3v) is 5.69. The molecule has 1 aromatic carbocycles. The highest BCUT2D eigenvalue weighted by atomic mass is 14.9. The van der Waals surface area contributed by atoms with E-state index in [0.717, 1.165) is 11.5 Å². The summed E-state index contributed by atoms with van der Waals surface area (Å²) in [6, 6.07) is 10.6. The highest BCUT2D eigenvalue weighted by molar-refractivity contribution is 5.92. The van der Waals surface area contributed by atoms with Crippen LogP contribution in [-0.4, -0.2) is 12.1 Å². The Bertz CT molecular complexity index is 687. The van der Waals surface area contributed by atoms with E-state index in [1.165, 1.54) is 81.8 Å². The average molecular weight is 483 g/mol. The van der Waals surface area contributed by atoms with Gasteiger partial charge in [0.1, 0.15) is 5.84 Å². The molecule has 0 amide bonds. The van der Waals surface area contributed by atoms with Gasteiger partial charge in [0, 0.05) is 12.1 Å². The first kappa shape index (κ1) is 35.2. The highest BCUT2D eigenvalue weighted by Crippen LogP contribution is 2.16. The lowest BCUT2D eigenvalue weighted by molar-refractivity contribution is 0.624. The number of amidine groups is 1. The first-order valence-corrected chi connectivity index (χ1v) is 14.4. The number of rotatable bonds is 10. The third kappa shape index (κ3) is 23.5. The molecule has 2 heteroatoms. The zero-order valence-electron chi connectivity index (χ0n) is 24.9. The number of hydrogen-bond acceptors (Lipinski definition) is 2. The van der Waals surface area contributed by atoms with E-state index in [2.05, 4.69) is 101 Å². The Morgan fingerprint density at radius 1 is 0.800 bits per heavy atom. The van der Waals surface area contributed by atoms with Gasteiger partial charge in [0.25, 0.3) is 0 Å². The van der Waals surface area contributed by atoms with Gasteiger partial charge in [-0.05, 0) is 45.3 Å². The maximum atomic E-state index is 4.39. The van der Waals surface area contributed by atoms with Crippen LogP contribution in [0.15, 0.2) is 63.7 Å². The van der Waals surface area contributed by atoms with Crippen molar-refractivity contribution in [3.05, 3.63) is 59.3 Å². The van der Waals surface area contributed by atoms with Gasteiger partial charge >= 0.3 is 0 Å². The Morgan fingerprint density at radius 2 is 1.34 bits per heavy atom. The number of hydrogen-bond donors (Lipinski definition) is 0. The topological polar surface area (TPSA) is 24.7 Å². The van der Waals surface area contributed by atoms with Crippen molar-refractivity contribution in [2.45, 2.75) is 133 Å². The monoisotopic (exact) mass is 482 g/mol. The van der Waals surface area contributed by atoms with E-state index in [4.69, 9.17) is 0 Å². The van der Waals surface area contributed by atoms with Gasteiger partial charge in [0.05, 0.1) is 5.70 Å². The normalized spacial score (nSPS) is 15.7. The second-order valence-electron chi connectivity index (χ2n) is 9.33. The summed E-state index contributed by atoms with van der Waals surface area (Å²) in [5.74, 6) is 1.17. The van der Waals surface area contributed by atoms with Crippen LogP contribution >= 0.6 is 0 Å². The first-order valence-electron chi connectivity index (χ1n) is 14.4. The molecule has 0 radical (unpaired) electrons. The van der Waals surface area contributed by atoms with E-state index in [1.54, 1.807) is 0 Å². The van der Waals surface area contributed by atoms with Gasteiger partial charge in [-0.25, -0.2) is 9.98 Å². The molecular formula is C33H58N2. The first-order chi connectivity index (χ1) is 16.9. The Kier molecular flexibility index (Phi) is 26.8. The van der Waals surface area contributed by atoms with Crippen LogP contribution in [0.5, 0.6) is 0 Å². The maximum Gasteiger partial charge on any atom is 0.125 e. The fourth-order valence-corrected chi connectivity index (χ4v) is 2.97. The van der Waals surface area contributed by atoms with Crippen molar-refractivity contribution >= 4 is 12.1 Å². The number of benzene rings is 1. The Labute approximate surface area is 220 Å². The maximum absolute atomic E-state index is 4.39. The highest BCUT2D eigenvalue weighted by Gasteiger charge is 2.09. The van der Waals surface area contributed by atoms with E-state index >= 15 is 0 Å². The molecule has 1 heterocycles. The molecule has 1 aliphatic heterocycles. The van der Waals surface area contributed by atoms with Crippen molar-refractivity contribution < 1.29 is 0 Å². The van der Waals surface area contributed by atoms with Gasteiger partial charge in [-0.1, -0.05) is 141 Å². The Hall–Kier alpha value is -1.96. The minimum absolute atomic E-state index is 0.332. The molecule has 2 nitrogen and oxygen atoms in total. The summed E-state index contributed by atoms with van der Waals surface area (Å²) < 4.78 is 0. The summed E-state index contributed by atoms with van der Waals surface area (Å²) in [5.41, 5.74) is 3.81. The quantitative estimate of drug-likeness (QED) is 0.296. The van der Waals surface area contributed by atoms with Crippen molar-refractivity contribution in [3.63, 3.8) is 0 Å². The molecule has 0 aromatic heterocycles. The molecule has 0 bridgehead atoms. The van der Waals surface area contributed by atoms with E-state index in [-0.39, 0.29) is 0 Å². The lowest BCUT2D eigenvalue weighted by Crippen LogP contribution is -2.07. The third-order valence-electron chi connectivity index (χ3n) is 5.69. The van der Waals surface area contributed by atoms with Gasteiger partial charge in [-0.15, -0.1) is 0 Å². The number of nitrogens with zero attached hydrogens (tertiary/aromatic N) is 2. The standard InChI is InChI=1S/C11H16N2.C10H14.C8H18.C4H10/c1-5-8(2)6-11-9(3)7-12-10(4)13-11;1-2-3-7-10-8-5-4-6-9-10;1-3-5-7-8-6-4-2;1-3-4-2/h5-7,9H,1-4H3;4-6,8-9H,2-3,7H2,1H3;3-8H2,1-2H3;3-4H2,1-2H3/b8-5-,11-6+;;;. The van der Waals surface area contributed by atoms with Gasteiger partial charge in [-0.2, -0.15) is 0 Å². The molecule has 200 valence electrons. The predicted octanol–water partition coefficient (Wildman–Crippen LogP) is 11.2. The average Bonchev–Trinajstić information content (AvgIpc) is 2.89. The fraction of sp³-hybridized carbons (Fsp3) is 0.636. The summed E-state index contributed by atoms with van der Waals surface area (Å²) >= 11 is 0. The van der Waals surface area contributed by atoms with Gasteiger partial charge < -0.3 is 0 Å². The molecule has 1 aromatic rings. The number of allylic oxidation sites excluding steroid dienone is 4. The van der Waals surface area contributed by atoms with Gasteiger partial charge in [0.15, 0.2) is 0 Å². The van der Waals surface area contributed by atoms with Crippen molar-refractivity contribution in [1.29, 1.82) is 0 Å². The molecule has 1 unspecified atom stereocenters. The molecule has 35 heavy (non-hydrogen) atoms. The van der Waals surface area contributed by atoms with E-state index in [9.17, 15) is 0 Å².